The number of benzene rings is 2. The SMILES string of the molecule is N#CC1(NC(=O)CSc2nnc(-c3ccc(F)cc3)n2-c2ccccc2)CCCC1. The van der Waals surface area contributed by atoms with Crippen molar-refractivity contribution < 1.29 is 9.18 Å². The van der Waals surface area contributed by atoms with Crippen molar-refractivity contribution in [2.24, 2.45) is 0 Å². The van der Waals surface area contributed by atoms with Crippen molar-refractivity contribution in [1.82, 2.24) is 20.1 Å². The van der Waals surface area contributed by atoms with Crippen molar-refractivity contribution in [3.63, 3.8) is 0 Å². The Morgan fingerprint density at radius 3 is 2.50 bits per heavy atom. The molecule has 30 heavy (non-hydrogen) atoms. The zero-order valence-corrected chi connectivity index (χ0v) is 17.0. The van der Waals surface area contributed by atoms with Crippen LogP contribution < -0.4 is 5.32 Å². The first-order chi connectivity index (χ1) is 14.6. The van der Waals surface area contributed by atoms with Crippen LogP contribution in [0, 0.1) is 17.1 Å². The smallest absolute Gasteiger partial charge is 0.231 e. The zero-order chi connectivity index (χ0) is 21.0. The number of hydrogen-bond acceptors (Lipinski definition) is 5. The molecule has 3 aromatic rings. The molecule has 6 nitrogen and oxygen atoms in total. The van der Waals surface area contributed by atoms with Gasteiger partial charge in [0.1, 0.15) is 11.4 Å². The monoisotopic (exact) mass is 421 g/mol. The minimum absolute atomic E-state index is 0.123. The van der Waals surface area contributed by atoms with Crippen LogP contribution in [0.1, 0.15) is 25.7 Å². The van der Waals surface area contributed by atoms with Crippen LogP contribution in [0.25, 0.3) is 17.1 Å². The molecule has 1 aliphatic rings. The second kappa shape index (κ2) is 8.67. The number of nitriles is 1. The first kappa shape index (κ1) is 20.1. The van der Waals surface area contributed by atoms with Crippen LogP contribution >= 0.6 is 11.8 Å². The molecule has 0 unspecified atom stereocenters. The number of carbonyl (C=O) groups is 1. The highest BCUT2D eigenvalue weighted by molar-refractivity contribution is 7.99. The van der Waals surface area contributed by atoms with E-state index in [1.807, 2.05) is 34.9 Å². The summed E-state index contributed by atoms with van der Waals surface area (Å²) in [4.78, 5) is 12.5. The Labute approximate surface area is 178 Å². The van der Waals surface area contributed by atoms with E-state index in [-0.39, 0.29) is 17.5 Å². The number of nitrogens with zero attached hydrogens (tertiary/aromatic N) is 4. The molecular formula is C22H20FN5OS. The third-order valence-electron chi connectivity index (χ3n) is 5.13. The number of thioether (sulfide) groups is 1. The molecule has 0 spiro atoms. The lowest BCUT2D eigenvalue weighted by molar-refractivity contribution is -0.119. The van der Waals surface area contributed by atoms with Gasteiger partial charge in [-0.3, -0.25) is 9.36 Å². The predicted octanol–water partition coefficient (Wildman–Crippen LogP) is 4.12. The van der Waals surface area contributed by atoms with Crippen molar-refractivity contribution in [2.75, 3.05) is 5.75 Å². The minimum Gasteiger partial charge on any atom is -0.337 e. The fraction of sp³-hybridized carbons (Fsp3) is 0.273. The second-order valence-corrected chi connectivity index (χ2v) is 8.16. The van der Waals surface area contributed by atoms with Gasteiger partial charge in [-0.25, -0.2) is 4.39 Å². The average molecular weight is 422 g/mol. The Morgan fingerprint density at radius 1 is 1.13 bits per heavy atom. The van der Waals surface area contributed by atoms with Gasteiger partial charge in [-0.2, -0.15) is 5.26 Å². The van der Waals surface area contributed by atoms with E-state index in [0.717, 1.165) is 24.1 Å². The maximum absolute atomic E-state index is 13.4. The van der Waals surface area contributed by atoms with Crippen molar-refractivity contribution in [2.45, 2.75) is 36.4 Å². The van der Waals surface area contributed by atoms with Crippen LogP contribution in [0.3, 0.4) is 0 Å². The molecule has 1 heterocycles. The van der Waals surface area contributed by atoms with E-state index in [1.165, 1.54) is 23.9 Å². The Balaban J connectivity index is 1.58. The van der Waals surface area contributed by atoms with Crippen molar-refractivity contribution in [3.05, 3.63) is 60.4 Å². The van der Waals surface area contributed by atoms with Crippen molar-refractivity contribution in [3.8, 4) is 23.1 Å². The Hall–Kier alpha value is -3.18. The molecule has 1 amide bonds. The average Bonchev–Trinajstić information content (AvgIpc) is 3.41. The van der Waals surface area contributed by atoms with Gasteiger partial charge in [0.2, 0.25) is 5.91 Å². The topological polar surface area (TPSA) is 83.6 Å². The number of aromatic nitrogens is 3. The van der Waals surface area contributed by atoms with E-state index in [2.05, 4.69) is 21.6 Å². The van der Waals surface area contributed by atoms with Gasteiger partial charge in [-0.15, -0.1) is 10.2 Å². The summed E-state index contributed by atoms with van der Waals surface area (Å²) in [7, 11) is 0. The Morgan fingerprint density at radius 2 is 1.83 bits per heavy atom. The molecule has 152 valence electrons. The van der Waals surface area contributed by atoms with Crippen LogP contribution in [0.5, 0.6) is 0 Å². The molecule has 1 aliphatic carbocycles. The minimum atomic E-state index is -0.746. The fourth-order valence-corrected chi connectivity index (χ4v) is 4.39. The Kier molecular flexibility index (Phi) is 5.81. The highest BCUT2D eigenvalue weighted by atomic mass is 32.2. The maximum Gasteiger partial charge on any atom is 0.231 e. The lowest BCUT2D eigenvalue weighted by Gasteiger charge is -2.21. The molecule has 1 aromatic heterocycles. The summed E-state index contributed by atoms with van der Waals surface area (Å²) in [6, 6.07) is 17.9. The van der Waals surface area contributed by atoms with Gasteiger partial charge in [0.25, 0.3) is 0 Å². The van der Waals surface area contributed by atoms with E-state index < -0.39 is 5.54 Å². The molecule has 0 atom stereocenters. The third-order valence-corrected chi connectivity index (χ3v) is 6.06. The van der Waals surface area contributed by atoms with Crippen LogP contribution in [0.15, 0.2) is 59.8 Å². The molecule has 4 rings (SSSR count). The zero-order valence-electron chi connectivity index (χ0n) is 16.2. The summed E-state index contributed by atoms with van der Waals surface area (Å²) in [6.07, 6.45) is 3.28. The predicted molar refractivity (Wildman–Crippen MR) is 112 cm³/mol. The first-order valence-electron chi connectivity index (χ1n) is 9.72. The van der Waals surface area contributed by atoms with E-state index in [4.69, 9.17) is 0 Å². The molecule has 0 saturated heterocycles. The highest BCUT2D eigenvalue weighted by Crippen LogP contribution is 2.30. The summed E-state index contributed by atoms with van der Waals surface area (Å²) in [5.41, 5.74) is 0.816. The van der Waals surface area contributed by atoms with Gasteiger partial charge in [0.05, 0.1) is 11.8 Å². The first-order valence-corrected chi connectivity index (χ1v) is 10.7. The van der Waals surface area contributed by atoms with Gasteiger partial charge < -0.3 is 5.32 Å². The summed E-state index contributed by atoms with van der Waals surface area (Å²) < 4.78 is 15.2. The molecule has 1 N–H and O–H groups in total. The van der Waals surface area contributed by atoms with Crippen LogP contribution in [0.2, 0.25) is 0 Å². The number of amides is 1. The number of carbonyl (C=O) groups excluding carboxylic acids is 1. The van der Waals surface area contributed by atoms with E-state index in [9.17, 15) is 14.4 Å². The molecular weight excluding hydrogens is 401 g/mol. The number of rotatable bonds is 6. The van der Waals surface area contributed by atoms with Gasteiger partial charge in [-0.05, 0) is 62.1 Å². The standard InChI is InChI=1S/C22H20FN5OS/c23-17-10-8-16(9-11-17)20-26-27-21(28(20)18-6-2-1-3-7-18)30-14-19(29)25-22(15-24)12-4-5-13-22/h1-3,6-11H,4-5,12-14H2,(H,25,29). The molecule has 8 heteroatoms. The van der Waals surface area contributed by atoms with Gasteiger partial charge >= 0.3 is 0 Å². The summed E-state index contributed by atoms with van der Waals surface area (Å²) in [5, 5.41) is 21.5. The van der Waals surface area contributed by atoms with E-state index in [1.54, 1.807) is 12.1 Å². The maximum atomic E-state index is 13.4. The molecule has 0 bridgehead atoms. The normalized spacial score (nSPS) is 14.9. The van der Waals surface area contributed by atoms with E-state index in [0.29, 0.717) is 23.8 Å². The second-order valence-electron chi connectivity index (χ2n) is 7.22. The highest BCUT2D eigenvalue weighted by Gasteiger charge is 2.35. The van der Waals surface area contributed by atoms with E-state index >= 15 is 0 Å². The van der Waals surface area contributed by atoms with Gasteiger partial charge in [-0.1, -0.05) is 30.0 Å². The number of halogens is 1. The quantitative estimate of drug-likeness (QED) is 0.606. The van der Waals surface area contributed by atoms with Crippen molar-refractivity contribution in [1.29, 1.82) is 5.26 Å². The third kappa shape index (κ3) is 4.21. The van der Waals surface area contributed by atoms with Crippen LogP contribution in [-0.4, -0.2) is 32.0 Å². The van der Waals surface area contributed by atoms with Crippen LogP contribution in [0.4, 0.5) is 4.39 Å². The molecule has 0 aliphatic heterocycles. The van der Waals surface area contributed by atoms with Gasteiger partial charge in [0, 0.05) is 11.3 Å². The van der Waals surface area contributed by atoms with Gasteiger partial charge in [0.15, 0.2) is 11.0 Å². The summed E-state index contributed by atoms with van der Waals surface area (Å²) in [6.45, 7) is 0. The number of hydrogen-bond donors (Lipinski definition) is 1. The molecule has 0 radical (unpaired) electrons. The lowest BCUT2D eigenvalue weighted by Crippen LogP contribution is -2.45. The molecule has 1 fully saturated rings. The fourth-order valence-electron chi connectivity index (χ4n) is 3.64. The van der Waals surface area contributed by atoms with Crippen LogP contribution in [-0.2, 0) is 4.79 Å². The molecule has 2 aromatic carbocycles. The Bertz CT molecular complexity index is 1070. The summed E-state index contributed by atoms with van der Waals surface area (Å²) >= 11 is 1.26. The summed E-state index contributed by atoms with van der Waals surface area (Å²) in [5.74, 6) is 0.162. The largest absolute Gasteiger partial charge is 0.337 e. The number of para-hydroxylation sites is 1. The van der Waals surface area contributed by atoms with Crippen molar-refractivity contribution >= 4 is 17.7 Å². The molecule has 1 saturated carbocycles. The number of nitrogens with one attached hydrogen (secondary N) is 1. The lowest BCUT2D eigenvalue weighted by atomic mass is 10.0.